The van der Waals surface area contributed by atoms with Crippen LogP contribution in [0.15, 0.2) is 0 Å². The third kappa shape index (κ3) is 7.33. The average molecular weight is 424 g/mol. The Morgan fingerprint density at radius 2 is 1.50 bits per heavy atom. The summed E-state index contributed by atoms with van der Waals surface area (Å²) in [5, 5.41) is 0. The second-order valence-corrected chi connectivity index (χ2v) is 9.85. The molecule has 0 aliphatic carbocycles. The van der Waals surface area contributed by atoms with Gasteiger partial charge in [0.1, 0.15) is 18.3 Å². The van der Waals surface area contributed by atoms with Gasteiger partial charge in [-0.05, 0) is 41.5 Å². The fourth-order valence-corrected chi connectivity index (χ4v) is 4.62. The first-order valence-electron chi connectivity index (χ1n) is 10.2. The predicted octanol–water partition coefficient (Wildman–Crippen LogP) is 3.72. The Hall–Kier alpha value is -0.0500. The van der Waals surface area contributed by atoms with Gasteiger partial charge in [0.2, 0.25) is 0 Å². The third-order valence-electron chi connectivity index (χ3n) is 4.70. The van der Waals surface area contributed by atoms with E-state index in [1.54, 1.807) is 0 Å². The first-order valence-corrected chi connectivity index (χ1v) is 11.6. The molecule has 0 saturated carbocycles. The molecule has 0 aromatic heterocycles. The van der Waals surface area contributed by atoms with Gasteiger partial charge in [0, 0.05) is 20.0 Å². The van der Waals surface area contributed by atoms with E-state index in [1.807, 2.05) is 41.5 Å². The van der Waals surface area contributed by atoms with E-state index in [-0.39, 0.29) is 49.3 Å². The highest BCUT2D eigenvalue weighted by atomic mass is 31.2. The quantitative estimate of drug-likeness (QED) is 0.464. The molecule has 2 aliphatic rings. The fourth-order valence-electron chi connectivity index (χ4n) is 3.48. The van der Waals surface area contributed by atoms with Crippen LogP contribution in [0, 0.1) is 0 Å². The van der Waals surface area contributed by atoms with Gasteiger partial charge < -0.3 is 18.9 Å². The maximum absolute atomic E-state index is 13.0. The van der Waals surface area contributed by atoms with E-state index in [1.165, 1.54) is 7.11 Å². The van der Waals surface area contributed by atoms with Crippen LogP contribution in [0.2, 0.25) is 0 Å². The van der Waals surface area contributed by atoms with E-state index in [9.17, 15) is 4.57 Å². The molecule has 2 rings (SSSR count). The van der Waals surface area contributed by atoms with Crippen LogP contribution < -0.4 is 0 Å². The maximum Gasteiger partial charge on any atom is 0.474 e. The Morgan fingerprint density at radius 3 is 2.04 bits per heavy atom. The summed E-state index contributed by atoms with van der Waals surface area (Å²) in [6.07, 6.45) is 0.392. The van der Waals surface area contributed by atoms with Gasteiger partial charge >= 0.3 is 7.82 Å². The highest BCUT2D eigenvalue weighted by molar-refractivity contribution is 7.48. The maximum atomic E-state index is 13.0. The van der Waals surface area contributed by atoms with E-state index in [2.05, 4.69) is 0 Å². The van der Waals surface area contributed by atoms with Crippen LogP contribution in [0.1, 0.15) is 54.4 Å². The van der Waals surface area contributed by atoms with Crippen LogP contribution in [-0.4, -0.2) is 69.2 Å². The first-order chi connectivity index (χ1) is 13.1. The molecule has 0 aromatic carbocycles. The smallest absolute Gasteiger partial charge is 0.376 e. The van der Waals surface area contributed by atoms with Crippen LogP contribution >= 0.6 is 7.82 Å². The Labute approximate surface area is 169 Å². The van der Waals surface area contributed by atoms with E-state index < -0.39 is 13.9 Å². The number of rotatable bonds is 11. The van der Waals surface area contributed by atoms with Crippen molar-refractivity contribution in [3.05, 3.63) is 0 Å². The standard InChI is InChI=1S/C19H37O8P/c1-12(2)22-10-18-17(9-15(6)25-18)27-28(20,21-7)23-11-19-16(24-13(3)4)8-14(5)26-19/h12-19H,8-11H2,1-7H3/t14-,15-,16+,17+,18+,19+,28?/m0/s1. The molecular weight excluding hydrogens is 387 g/mol. The van der Waals surface area contributed by atoms with Gasteiger partial charge in [-0.2, -0.15) is 0 Å². The highest BCUT2D eigenvalue weighted by Crippen LogP contribution is 2.52. The van der Waals surface area contributed by atoms with Crippen molar-refractivity contribution in [2.45, 2.75) is 103 Å². The summed E-state index contributed by atoms with van der Waals surface area (Å²) >= 11 is 0. The second kappa shape index (κ2) is 10.8. The molecule has 166 valence electrons. The van der Waals surface area contributed by atoms with Crippen molar-refractivity contribution < 1.29 is 37.1 Å². The summed E-state index contributed by atoms with van der Waals surface area (Å²) in [6, 6.07) is 0. The fraction of sp³-hybridized carbons (Fsp3) is 1.00. The van der Waals surface area contributed by atoms with Crippen molar-refractivity contribution in [3.8, 4) is 0 Å². The van der Waals surface area contributed by atoms with Gasteiger partial charge in [0.15, 0.2) is 0 Å². The van der Waals surface area contributed by atoms with E-state index in [0.717, 1.165) is 6.42 Å². The molecule has 2 aliphatic heterocycles. The minimum absolute atomic E-state index is 0.0149. The van der Waals surface area contributed by atoms with Gasteiger partial charge in [-0.25, -0.2) is 4.57 Å². The van der Waals surface area contributed by atoms with Gasteiger partial charge in [-0.3, -0.25) is 13.6 Å². The van der Waals surface area contributed by atoms with Gasteiger partial charge in [0.25, 0.3) is 0 Å². The number of ether oxygens (including phenoxy) is 4. The monoisotopic (exact) mass is 424 g/mol. The van der Waals surface area contributed by atoms with E-state index in [4.69, 9.17) is 32.5 Å². The van der Waals surface area contributed by atoms with Crippen molar-refractivity contribution in [1.82, 2.24) is 0 Å². The molecular formula is C19H37O8P. The summed E-state index contributed by atoms with van der Waals surface area (Å²) in [7, 11) is -2.45. The molecule has 0 N–H and O–H groups in total. The number of hydrogen-bond acceptors (Lipinski definition) is 8. The Kier molecular flexibility index (Phi) is 9.36. The normalized spacial score (nSPS) is 35.8. The zero-order valence-corrected chi connectivity index (χ0v) is 19.1. The number of phosphoric ester groups is 1. The Bertz CT molecular complexity index is 514. The molecule has 2 heterocycles. The lowest BCUT2D eigenvalue weighted by Gasteiger charge is -2.26. The second-order valence-electron chi connectivity index (χ2n) is 8.12. The molecule has 7 atom stereocenters. The molecule has 0 aromatic rings. The van der Waals surface area contributed by atoms with Crippen molar-refractivity contribution in [2.24, 2.45) is 0 Å². The Morgan fingerprint density at radius 1 is 0.929 bits per heavy atom. The van der Waals surface area contributed by atoms with Crippen LogP contribution in [0.4, 0.5) is 0 Å². The minimum Gasteiger partial charge on any atom is -0.376 e. The largest absolute Gasteiger partial charge is 0.474 e. The molecule has 0 amide bonds. The highest BCUT2D eigenvalue weighted by Gasteiger charge is 2.42. The molecule has 9 heteroatoms. The van der Waals surface area contributed by atoms with Gasteiger partial charge in [0.05, 0.1) is 43.7 Å². The topological polar surface area (TPSA) is 81.7 Å². The van der Waals surface area contributed by atoms with Crippen molar-refractivity contribution >= 4 is 7.82 Å². The number of hydrogen-bond donors (Lipinski definition) is 0. The van der Waals surface area contributed by atoms with Crippen LogP contribution in [0.25, 0.3) is 0 Å². The zero-order valence-electron chi connectivity index (χ0n) is 18.2. The third-order valence-corrected chi connectivity index (χ3v) is 6.14. The van der Waals surface area contributed by atoms with E-state index in [0.29, 0.717) is 13.0 Å². The predicted molar refractivity (Wildman–Crippen MR) is 104 cm³/mol. The molecule has 0 bridgehead atoms. The molecule has 0 spiro atoms. The first kappa shape index (κ1) is 24.2. The van der Waals surface area contributed by atoms with Crippen molar-refractivity contribution in [2.75, 3.05) is 20.3 Å². The average Bonchev–Trinajstić information content (AvgIpc) is 3.12. The summed E-state index contributed by atoms with van der Waals surface area (Å²) in [6.45, 7) is 12.2. The van der Waals surface area contributed by atoms with E-state index >= 15 is 0 Å². The van der Waals surface area contributed by atoms with Crippen LogP contribution in [0.3, 0.4) is 0 Å². The van der Waals surface area contributed by atoms with Crippen molar-refractivity contribution in [3.63, 3.8) is 0 Å². The molecule has 0 radical (unpaired) electrons. The lowest BCUT2D eigenvalue weighted by atomic mass is 10.1. The molecule has 1 unspecified atom stereocenters. The van der Waals surface area contributed by atoms with Crippen LogP contribution in [-0.2, 0) is 37.1 Å². The molecule has 28 heavy (non-hydrogen) atoms. The molecule has 2 saturated heterocycles. The SMILES string of the molecule is COP(=O)(OC[C@H]1O[C@@H](C)C[C@H]1OC(C)C)O[C@@H]1C[C@H](C)O[C@@H]1COC(C)C. The minimum atomic E-state index is -3.76. The summed E-state index contributed by atoms with van der Waals surface area (Å²) < 4.78 is 52.8. The lowest BCUT2D eigenvalue weighted by molar-refractivity contribution is -0.0711. The molecule has 2 fully saturated rings. The summed E-state index contributed by atoms with van der Waals surface area (Å²) in [5.74, 6) is 0. The number of phosphoric acid groups is 1. The Balaban J connectivity index is 1.93. The molecule has 8 nitrogen and oxygen atoms in total. The zero-order chi connectivity index (χ0) is 20.9. The summed E-state index contributed by atoms with van der Waals surface area (Å²) in [4.78, 5) is 0. The summed E-state index contributed by atoms with van der Waals surface area (Å²) in [5.41, 5.74) is 0. The van der Waals surface area contributed by atoms with Gasteiger partial charge in [-0.1, -0.05) is 0 Å². The van der Waals surface area contributed by atoms with Gasteiger partial charge in [-0.15, -0.1) is 0 Å². The lowest BCUT2D eigenvalue weighted by Crippen LogP contribution is -2.32. The van der Waals surface area contributed by atoms with Crippen molar-refractivity contribution in [1.29, 1.82) is 0 Å². The van der Waals surface area contributed by atoms with Crippen LogP contribution in [0.5, 0.6) is 0 Å².